The topological polar surface area (TPSA) is 73.8 Å². The fraction of sp³-hybridized carbons (Fsp3) is 0.588. The van der Waals surface area contributed by atoms with Crippen LogP contribution in [0.4, 0.5) is 4.39 Å². The van der Waals surface area contributed by atoms with Gasteiger partial charge < -0.3 is 10.6 Å². The summed E-state index contributed by atoms with van der Waals surface area (Å²) in [4.78, 5) is 6.63. The number of rotatable bonds is 7. The van der Waals surface area contributed by atoms with Crippen LogP contribution in [0.25, 0.3) is 0 Å². The number of nitrogens with zero attached hydrogens (tertiary/aromatic N) is 2. The van der Waals surface area contributed by atoms with Gasteiger partial charge in [0.05, 0.1) is 18.1 Å². The predicted molar refractivity (Wildman–Crippen MR) is 99.2 cm³/mol. The van der Waals surface area contributed by atoms with Crippen LogP contribution in [-0.4, -0.2) is 70.1 Å². The molecule has 2 rings (SSSR count). The van der Waals surface area contributed by atoms with Gasteiger partial charge in [0.15, 0.2) is 15.8 Å². The van der Waals surface area contributed by atoms with Crippen LogP contribution in [0.15, 0.2) is 29.3 Å². The van der Waals surface area contributed by atoms with Crippen LogP contribution in [-0.2, 0) is 16.3 Å². The molecule has 1 saturated heterocycles. The molecule has 6 nitrogen and oxygen atoms in total. The Hall–Kier alpha value is -1.67. The number of hydrogen-bond donors (Lipinski definition) is 2. The fourth-order valence-corrected chi connectivity index (χ4v) is 3.91. The van der Waals surface area contributed by atoms with Gasteiger partial charge in [0.2, 0.25) is 0 Å². The molecule has 140 valence electrons. The van der Waals surface area contributed by atoms with Gasteiger partial charge in [0.1, 0.15) is 5.82 Å². The molecular weight excluding hydrogens is 343 g/mol. The zero-order valence-corrected chi connectivity index (χ0v) is 15.5. The Kier molecular flexibility index (Phi) is 7.64. The van der Waals surface area contributed by atoms with Gasteiger partial charge in [-0.2, -0.15) is 0 Å². The number of guanidine groups is 1. The molecule has 0 bridgehead atoms. The molecule has 0 atom stereocenters. The highest BCUT2D eigenvalue weighted by atomic mass is 32.2. The van der Waals surface area contributed by atoms with Gasteiger partial charge in [-0.3, -0.25) is 9.89 Å². The third-order valence-corrected chi connectivity index (χ3v) is 5.72. The molecule has 0 amide bonds. The average molecular weight is 370 g/mol. The number of halogens is 1. The summed E-state index contributed by atoms with van der Waals surface area (Å²) in [6.45, 7) is 5.81. The Labute approximate surface area is 149 Å². The Balaban J connectivity index is 1.75. The van der Waals surface area contributed by atoms with E-state index >= 15 is 0 Å². The lowest BCUT2D eigenvalue weighted by molar-refractivity contribution is 0.304. The molecule has 0 unspecified atom stereocenters. The van der Waals surface area contributed by atoms with E-state index in [0.717, 1.165) is 13.1 Å². The Morgan fingerprint density at radius 3 is 2.64 bits per heavy atom. The maximum atomic E-state index is 13.6. The van der Waals surface area contributed by atoms with E-state index in [1.165, 1.54) is 6.07 Å². The highest BCUT2D eigenvalue weighted by Gasteiger charge is 2.20. The normalized spacial score (nSPS) is 18.1. The van der Waals surface area contributed by atoms with Crippen LogP contribution in [0.5, 0.6) is 0 Å². The lowest BCUT2D eigenvalue weighted by atomic mass is 10.1. The summed E-state index contributed by atoms with van der Waals surface area (Å²) >= 11 is 0. The van der Waals surface area contributed by atoms with Crippen LogP contribution in [0.1, 0.15) is 12.5 Å². The SMILES string of the molecule is CCNC(=NCCN1CCS(=O)(=O)CC1)NCCc1ccccc1F. The summed E-state index contributed by atoms with van der Waals surface area (Å²) in [5.74, 6) is 0.977. The van der Waals surface area contributed by atoms with Gasteiger partial charge >= 0.3 is 0 Å². The predicted octanol–water partition coefficient (Wildman–Crippen LogP) is 0.654. The van der Waals surface area contributed by atoms with Gasteiger partial charge in [-0.05, 0) is 25.0 Å². The Morgan fingerprint density at radius 1 is 1.24 bits per heavy atom. The monoisotopic (exact) mass is 370 g/mol. The van der Waals surface area contributed by atoms with Crippen molar-refractivity contribution in [3.05, 3.63) is 35.6 Å². The summed E-state index contributed by atoms with van der Waals surface area (Å²) in [7, 11) is -2.84. The second-order valence-corrected chi connectivity index (χ2v) is 8.33. The maximum Gasteiger partial charge on any atom is 0.191 e. The van der Waals surface area contributed by atoms with Gasteiger partial charge in [-0.25, -0.2) is 12.8 Å². The lowest BCUT2D eigenvalue weighted by Gasteiger charge is -2.25. The number of sulfone groups is 1. The van der Waals surface area contributed by atoms with Crippen LogP contribution in [0.3, 0.4) is 0 Å². The second-order valence-electron chi connectivity index (χ2n) is 6.02. The first-order valence-corrected chi connectivity index (χ1v) is 10.5. The zero-order valence-electron chi connectivity index (χ0n) is 14.7. The van der Waals surface area contributed by atoms with Gasteiger partial charge in [-0.15, -0.1) is 0 Å². The third-order valence-electron chi connectivity index (χ3n) is 4.11. The third kappa shape index (κ3) is 6.99. The summed E-state index contributed by atoms with van der Waals surface area (Å²) in [6.07, 6.45) is 0.584. The fourth-order valence-electron chi connectivity index (χ4n) is 2.64. The molecule has 1 fully saturated rings. The van der Waals surface area contributed by atoms with Crippen molar-refractivity contribution in [3.8, 4) is 0 Å². The molecule has 1 heterocycles. The first-order valence-electron chi connectivity index (χ1n) is 8.68. The van der Waals surface area contributed by atoms with Crippen molar-refractivity contribution in [1.82, 2.24) is 15.5 Å². The summed E-state index contributed by atoms with van der Waals surface area (Å²) < 4.78 is 36.4. The molecule has 1 aliphatic rings. The molecule has 25 heavy (non-hydrogen) atoms. The van der Waals surface area contributed by atoms with Crippen LogP contribution in [0, 0.1) is 5.82 Å². The largest absolute Gasteiger partial charge is 0.357 e. The zero-order chi connectivity index (χ0) is 18.1. The molecule has 0 aromatic heterocycles. The van der Waals surface area contributed by atoms with E-state index in [1.807, 2.05) is 13.0 Å². The van der Waals surface area contributed by atoms with Crippen LogP contribution in [0.2, 0.25) is 0 Å². The smallest absolute Gasteiger partial charge is 0.191 e. The van der Waals surface area contributed by atoms with Crippen molar-refractivity contribution in [2.45, 2.75) is 13.3 Å². The quantitative estimate of drug-likeness (QED) is 0.545. The highest BCUT2D eigenvalue weighted by molar-refractivity contribution is 7.91. The van der Waals surface area contributed by atoms with Crippen molar-refractivity contribution < 1.29 is 12.8 Å². The van der Waals surface area contributed by atoms with E-state index in [1.54, 1.807) is 12.1 Å². The minimum Gasteiger partial charge on any atom is -0.357 e. The van der Waals surface area contributed by atoms with E-state index < -0.39 is 9.84 Å². The van der Waals surface area contributed by atoms with Gasteiger partial charge in [0, 0.05) is 32.7 Å². The van der Waals surface area contributed by atoms with Crippen molar-refractivity contribution >= 4 is 15.8 Å². The molecule has 1 aromatic carbocycles. The summed E-state index contributed by atoms with van der Waals surface area (Å²) in [6, 6.07) is 6.76. The van der Waals surface area contributed by atoms with Gasteiger partial charge in [-0.1, -0.05) is 18.2 Å². The lowest BCUT2D eigenvalue weighted by Crippen LogP contribution is -2.42. The van der Waals surface area contributed by atoms with E-state index in [-0.39, 0.29) is 17.3 Å². The van der Waals surface area contributed by atoms with Crippen molar-refractivity contribution in [3.63, 3.8) is 0 Å². The maximum absolute atomic E-state index is 13.6. The number of nitrogens with one attached hydrogen (secondary N) is 2. The van der Waals surface area contributed by atoms with E-state index in [9.17, 15) is 12.8 Å². The van der Waals surface area contributed by atoms with Gasteiger partial charge in [0.25, 0.3) is 0 Å². The Morgan fingerprint density at radius 2 is 1.96 bits per heavy atom. The molecule has 2 N–H and O–H groups in total. The number of benzene rings is 1. The molecular formula is C17H27FN4O2S. The second kappa shape index (κ2) is 9.72. The van der Waals surface area contributed by atoms with Crippen molar-refractivity contribution in [2.75, 3.05) is 50.8 Å². The van der Waals surface area contributed by atoms with Crippen LogP contribution >= 0.6 is 0 Å². The minimum absolute atomic E-state index is 0.189. The number of aliphatic imine (C=N–C) groups is 1. The van der Waals surface area contributed by atoms with Crippen LogP contribution < -0.4 is 10.6 Å². The molecule has 1 aliphatic heterocycles. The van der Waals surface area contributed by atoms with E-state index in [4.69, 9.17) is 0 Å². The average Bonchev–Trinajstić information content (AvgIpc) is 2.58. The van der Waals surface area contributed by atoms with E-state index in [0.29, 0.717) is 44.1 Å². The summed E-state index contributed by atoms with van der Waals surface area (Å²) in [5.41, 5.74) is 0.681. The molecule has 0 spiro atoms. The van der Waals surface area contributed by atoms with Crippen molar-refractivity contribution in [2.24, 2.45) is 4.99 Å². The first kappa shape index (κ1) is 19.7. The standard InChI is InChI=1S/C17H27FN4O2S/c1-2-19-17(20-8-7-15-5-3-4-6-16(15)18)21-9-10-22-11-13-25(23,24)14-12-22/h3-6H,2,7-14H2,1H3,(H2,19,20,21). The molecule has 0 saturated carbocycles. The highest BCUT2D eigenvalue weighted by Crippen LogP contribution is 2.06. The molecule has 0 aliphatic carbocycles. The first-order chi connectivity index (χ1) is 12.0. The molecule has 8 heteroatoms. The summed E-state index contributed by atoms with van der Waals surface area (Å²) in [5, 5.41) is 6.37. The minimum atomic E-state index is -2.84. The molecule has 1 aromatic rings. The molecule has 0 radical (unpaired) electrons. The Bertz CT molecular complexity index is 665. The number of hydrogen-bond acceptors (Lipinski definition) is 4. The van der Waals surface area contributed by atoms with Crippen molar-refractivity contribution in [1.29, 1.82) is 0 Å². The van der Waals surface area contributed by atoms with E-state index in [2.05, 4.69) is 20.5 Å².